The molecule has 2 aromatic rings. The predicted octanol–water partition coefficient (Wildman–Crippen LogP) is 5.87. The summed E-state index contributed by atoms with van der Waals surface area (Å²) in [5.74, 6) is 0. The lowest BCUT2D eigenvalue weighted by molar-refractivity contribution is 1.33. The third-order valence-corrected chi connectivity index (χ3v) is 3.97. The molecule has 0 heterocycles. The Morgan fingerprint density at radius 2 is 1.55 bits per heavy atom. The Hall–Kier alpha value is -1.65. The van der Waals surface area contributed by atoms with Gasteiger partial charge >= 0.3 is 0 Å². The molecule has 116 valence electrons. The molecule has 22 heavy (non-hydrogen) atoms. The maximum Gasteiger partial charge on any atom is -0.0155 e. The monoisotopic (exact) mass is 310 g/mol. The molecule has 2 aromatic carbocycles. The minimum Gasteiger partial charge on any atom is -0.106 e. The highest BCUT2D eigenvalue weighted by molar-refractivity contribution is 7.27. The highest BCUT2D eigenvalue weighted by atomic mass is 31.0. The predicted molar refractivity (Wildman–Crippen MR) is 106 cm³/mol. The number of benzene rings is 2. The van der Waals surface area contributed by atoms with Gasteiger partial charge in [0.2, 0.25) is 0 Å². The summed E-state index contributed by atoms with van der Waals surface area (Å²) in [7, 11) is 2.74. The van der Waals surface area contributed by atoms with E-state index in [1.54, 1.807) is 0 Å². The number of hydrogen-bond acceptors (Lipinski definition) is 0. The fourth-order valence-electron chi connectivity index (χ4n) is 2.14. The Balaban J connectivity index is 0.00000116. The molecule has 0 saturated heterocycles. The fourth-order valence-corrected chi connectivity index (χ4v) is 2.40. The van der Waals surface area contributed by atoms with Crippen molar-refractivity contribution in [3.8, 4) is 0 Å². The van der Waals surface area contributed by atoms with Crippen LogP contribution in [-0.4, -0.2) is 0 Å². The van der Waals surface area contributed by atoms with Gasteiger partial charge in [-0.3, -0.25) is 0 Å². The zero-order valence-electron chi connectivity index (χ0n) is 14.4. The lowest BCUT2D eigenvalue weighted by atomic mass is 10.00. The molecule has 0 aliphatic carbocycles. The van der Waals surface area contributed by atoms with Gasteiger partial charge < -0.3 is 0 Å². The molecule has 0 fully saturated rings. The summed E-state index contributed by atoms with van der Waals surface area (Å²) in [6, 6.07) is 12.9. The van der Waals surface area contributed by atoms with E-state index in [9.17, 15) is 0 Å². The SMILES string of the molecule is C=C(/C=C/c1ccc(C)c(C)c1)c1cc(P)ccc1C.CC. The Bertz CT molecular complexity index is 678. The van der Waals surface area contributed by atoms with Gasteiger partial charge in [-0.05, 0) is 65.5 Å². The Kier molecular flexibility index (Phi) is 7.28. The molecule has 0 aliphatic heterocycles. The van der Waals surface area contributed by atoms with Crippen molar-refractivity contribution in [2.75, 3.05) is 0 Å². The summed E-state index contributed by atoms with van der Waals surface area (Å²) in [5.41, 5.74) is 7.37. The van der Waals surface area contributed by atoms with E-state index in [0.717, 1.165) is 5.57 Å². The van der Waals surface area contributed by atoms with Crippen molar-refractivity contribution in [1.82, 2.24) is 0 Å². The van der Waals surface area contributed by atoms with Crippen LogP contribution < -0.4 is 5.30 Å². The second kappa shape index (κ2) is 8.71. The fraction of sp³-hybridized carbons (Fsp3) is 0.238. The van der Waals surface area contributed by atoms with Gasteiger partial charge in [-0.25, -0.2) is 0 Å². The third kappa shape index (κ3) is 4.97. The molecule has 0 radical (unpaired) electrons. The van der Waals surface area contributed by atoms with E-state index < -0.39 is 0 Å². The Morgan fingerprint density at radius 1 is 0.909 bits per heavy atom. The molecule has 0 bridgehead atoms. The van der Waals surface area contributed by atoms with E-state index in [4.69, 9.17) is 0 Å². The van der Waals surface area contributed by atoms with Crippen molar-refractivity contribution in [3.05, 3.63) is 76.9 Å². The van der Waals surface area contributed by atoms with Crippen molar-refractivity contribution in [3.63, 3.8) is 0 Å². The van der Waals surface area contributed by atoms with Crippen molar-refractivity contribution < 1.29 is 0 Å². The first-order valence-corrected chi connectivity index (χ1v) is 8.36. The van der Waals surface area contributed by atoms with Crippen molar-refractivity contribution in [1.29, 1.82) is 0 Å². The van der Waals surface area contributed by atoms with E-state index in [1.807, 2.05) is 13.8 Å². The van der Waals surface area contributed by atoms with E-state index in [1.165, 1.54) is 33.1 Å². The first-order valence-electron chi connectivity index (χ1n) is 7.78. The summed E-state index contributed by atoms with van der Waals surface area (Å²) in [5, 5.41) is 1.19. The summed E-state index contributed by atoms with van der Waals surface area (Å²) in [6.07, 6.45) is 4.22. The van der Waals surface area contributed by atoms with Gasteiger partial charge in [-0.2, -0.15) is 0 Å². The van der Waals surface area contributed by atoms with E-state index in [0.29, 0.717) is 0 Å². The van der Waals surface area contributed by atoms with Crippen molar-refractivity contribution in [2.24, 2.45) is 0 Å². The molecule has 0 amide bonds. The largest absolute Gasteiger partial charge is 0.106 e. The molecule has 0 nitrogen and oxygen atoms in total. The standard InChI is InChI=1S/C19H21P.C2H6/c1-13-5-8-17(11-16(13)4)9-6-14(2)19-12-18(20)10-7-15(19)3;1-2/h5-12H,2,20H2,1,3-4H3;1-2H3/b9-6+;. The van der Waals surface area contributed by atoms with Crippen LogP contribution in [0, 0.1) is 20.8 Å². The maximum absolute atomic E-state index is 4.19. The van der Waals surface area contributed by atoms with Crippen molar-refractivity contribution >= 4 is 26.2 Å². The van der Waals surface area contributed by atoms with Gasteiger partial charge in [0.25, 0.3) is 0 Å². The summed E-state index contributed by atoms with van der Waals surface area (Å²) < 4.78 is 0. The van der Waals surface area contributed by atoms with Crippen LogP contribution >= 0.6 is 9.24 Å². The molecule has 0 saturated carbocycles. The van der Waals surface area contributed by atoms with Gasteiger partial charge in [-0.1, -0.05) is 62.9 Å². The van der Waals surface area contributed by atoms with Gasteiger partial charge in [0, 0.05) is 0 Å². The molecule has 0 aliphatic rings. The lowest BCUT2D eigenvalue weighted by Crippen LogP contribution is -1.95. The Labute approximate surface area is 138 Å². The van der Waals surface area contributed by atoms with Crippen LogP contribution in [0.4, 0.5) is 0 Å². The molecule has 0 spiro atoms. The molecule has 1 heteroatoms. The zero-order valence-corrected chi connectivity index (χ0v) is 15.6. The van der Waals surface area contributed by atoms with Crippen molar-refractivity contribution in [2.45, 2.75) is 34.6 Å². The second-order valence-corrected chi connectivity index (χ2v) is 5.94. The molecule has 0 N–H and O–H groups in total. The molecule has 1 unspecified atom stereocenters. The molecular weight excluding hydrogens is 283 g/mol. The number of hydrogen-bond donors (Lipinski definition) is 0. The van der Waals surface area contributed by atoms with Gasteiger partial charge in [-0.15, -0.1) is 9.24 Å². The highest BCUT2D eigenvalue weighted by Gasteiger charge is 2.01. The summed E-state index contributed by atoms with van der Waals surface area (Å²) in [4.78, 5) is 0. The van der Waals surface area contributed by atoms with Gasteiger partial charge in [0.1, 0.15) is 0 Å². The van der Waals surface area contributed by atoms with Crippen LogP contribution in [0.1, 0.15) is 41.7 Å². The van der Waals surface area contributed by atoms with E-state index in [-0.39, 0.29) is 0 Å². The second-order valence-electron chi connectivity index (χ2n) is 5.28. The van der Waals surface area contributed by atoms with E-state index >= 15 is 0 Å². The van der Waals surface area contributed by atoms with Crippen LogP contribution in [0.5, 0.6) is 0 Å². The van der Waals surface area contributed by atoms with Crippen LogP contribution in [0.3, 0.4) is 0 Å². The minimum atomic E-state index is 1.05. The average Bonchev–Trinajstić information content (AvgIpc) is 2.52. The van der Waals surface area contributed by atoms with Crippen LogP contribution in [-0.2, 0) is 0 Å². The topological polar surface area (TPSA) is 0 Å². The maximum atomic E-state index is 4.19. The molecule has 1 atom stereocenters. The molecule has 2 rings (SSSR count). The smallest absolute Gasteiger partial charge is 0.0155 e. The van der Waals surface area contributed by atoms with Crippen LogP contribution in [0.2, 0.25) is 0 Å². The first kappa shape index (κ1) is 18.4. The van der Waals surface area contributed by atoms with Crippen LogP contribution in [0.15, 0.2) is 49.1 Å². The van der Waals surface area contributed by atoms with Gasteiger partial charge in [0.15, 0.2) is 0 Å². The Morgan fingerprint density at radius 3 is 2.18 bits per heavy atom. The number of allylic oxidation sites excluding steroid dienone is 2. The van der Waals surface area contributed by atoms with Gasteiger partial charge in [0.05, 0.1) is 0 Å². The molecule has 0 aromatic heterocycles. The summed E-state index contributed by atoms with van der Waals surface area (Å²) >= 11 is 0. The highest BCUT2D eigenvalue weighted by Crippen LogP contribution is 2.20. The normalized spacial score (nSPS) is 10.3. The third-order valence-electron chi connectivity index (χ3n) is 3.62. The lowest BCUT2D eigenvalue weighted by Gasteiger charge is -2.07. The van der Waals surface area contributed by atoms with E-state index in [2.05, 4.69) is 85.1 Å². The average molecular weight is 310 g/mol. The van der Waals surface area contributed by atoms with Crippen LogP contribution in [0.25, 0.3) is 11.6 Å². The quantitative estimate of drug-likeness (QED) is 0.491. The first-order chi connectivity index (χ1) is 10.5. The number of aryl methyl sites for hydroxylation is 3. The number of rotatable bonds is 3. The molecular formula is C21H27P. The zero-order chi connectivity index (χ0) is 16.7. The minimum absolute atomic E-state index is 1.05. The summed E-state index contributed by atoms with van der Waals surface area (Å²) in [6.45, 7) is 14.6.